The van der Waals surface area contributed by atoms with Crippen molar-refractivity contribution in [3.8, 4) is 5.75 Å². The van der Waals surface area contributed by atoms with E-state index in [4.69, 9.17) is 4.74 Å². The van der Waals surface area contributed by atoms with Crippen LogP contribution in [0.2, 0.25) is 0 Å². The normalized spacial score (nSPS) is 10.5. The van der Waals surface area contributed by atoms with Crippen molar-refractivity contribution in [2.45, 2.75) is 19.3 Å². The standard InChI is InChI=1S/C14H24N2O/c1-15-10-5-6-11-16-12-9-13-7-3-4-8-14(13)17-2/h3-4,7-8,15-16H,5-6,9-12H2,1-2H3. The van der Waals surface area contributed by atoms with E-state index in [2.05, 4.69) is 22.8 Å². The number of rotatable bonds is 9. The molecule has 2 N–H and O–H groups in total. The molecule has 3 heteroatoms. The number of hydrogen-bond donors (Lipinski definition) is 2. The van der Waals surface area contributed by atoms with Gasteiger partial charge < -0.3 is 15.4 Å². The van der Waals surface area contributed by atoms with Crippen LogP contribution >= 0.6 is 0 Å². The van der Waals surface area contributed by atoms with Gasteiger partial charge >= 0.3 is 0 Å². The predicted molar refractivity (Wildman–Crippen MR) is 72.7 cm³/mol. The van der Waals surface area contributed by atoms with Crippen molar-refractivity contribution < 1.29 is 4.74 Å². The smallest absolute Gasteiger partial charge is 0.122 e. The first-order valence-electron chi connectivity index (χ1n) is 6.35. The van der Waals surface area contributed by atoms with E-state index in [1.807, 2.05) is 19.2 Å². The molecule has 0 unspecified atom stereocenters. The highest BCUT2D eigenvalue weighted by Crippen LogP contribution is 2.17. The molecular weight excluding hydrogens is 212 g/mol. The first-order chi connectivity index (χ1) is 8.38. The maximum absolute atomic E-state index is 5.32. The van der Waals surface area contributed by atoms with Gasteiger partial charge in [0, 0.05) is 0 Å². The molecule has 0 atom stereocenters. The molecule has 0 aliphatic carbocycles. The van der Waals surface area contributed by atoms with Gasteiger partial charge in [-0.1, -0.05) is 18.2 Å². The molecular formula is C14H24N2O. The predicted octanol–water partition coefficient (Wildman–Crippen LogP) is 1.83. The number of benzene rings is 1. The SMILES string of the molecule is CNCCCCNCCc1ccccc1OC. The van der Waals surface area contributed by atoms with Crippen molar-refractivity contribution in [1.29, 1.82) is 0 Å². The van der Waals surface area contributed by atoms with Gasteiger partial charge in [-0.05, 0) is 57.6 Å². The zero-order chi connectivity index (χ0) is 12.3. The third-order valence-corrected chi connectivity index (χ3v) is 2.79. The monoisotopic (exact) mass is 236 g/mol. The maximum Gasteiger partial charge on any atom is 0.122 e. The molecule has 1 aromatic rings. The van der Waals surface area contributed by atoms with Gasteiger partial charge in [0.2, 0.25) is 0 Å². The lowest BCUT2D eigenvalue weighted by molar-refractivity contribution is 0.409. The Balaban J connectivity index is 2.13. The molecule has 0 fully saturated rings. The molecule has 1 aromatic carbocycles. The van der Waals surface area contributed by atoms with Crippen LogP contribution in [0.1, 0.15) is 18.4 Å². The lowest BCUT2D eigenvalue weighted by atomic mass is 10.1. The van der Waals surface area contributed by atoms with Gasteiger partial charge in [0.05, 0.1) is 7.11 Å². The molecule has 0 saturated heterocycles. The Morgan fingerprint density at radius 2 is 1.82 bits per heavy atom. The fraction of sp³-hybridized carbons (Fsp3) is 0.571. The molecule has 0 amide bonds. The molecule has 0 aliphatic rings. The summed E-state index contributed by atoms with van der Waals surface area (Å²) in [6.07, 6.45) is 3.49. The van der Waals surface area contributed by atoms with Gasteiger partial charge in [0.25, 0.3) is 0 Å². The second-order valence-corrected chi connectivity index (χ2v) is 4.12. The van der Waals surface area contributed by atoms with Gasteiger partial charge in [-0.15, -0.1) is 0 Å². The Bertz CT molecular complexity index is 302. The minimum atomic E-state index is 0.990. The second kappa shape index (κ2) is 9.02. The van der Waals surface area contributed by atoms with Gasteiger partial charge in [0.15, 0.2) is 0 Å². The summed E-state index contributed by atoms with van der Waals surface area (Å²) in [5, 5.41) is 6.62. The summed E-state index contributed by atoms with van der Waals surface area (Å²) < 4.78 is 5.32. The van der Waals surface area contributed by atoms with Gasteiger partial charge in [-0.3, -0.25) is 0 Å². The minimum Gasteiger partial charge on any atom is -0.496 e. The van der Waals surface area contributed by atoms with Crippen molar-refractivity contribution in [2.75, 3.05) is 33.8 Å². The number of hydrogen-bond acceptors (Lipinski definition) is 3. The highest BCUT2D eigenvalue weighted by molar-refractivity contribution is 5.33. The van der Waals surface area contributed by atoms with E-state index in [9.17, 15) is 0 Å². The van der Waals surface area contributed by atoms with Crippen molar-refractivity contribution in [3.05, 3.63) is 29.8 Å². The molecule has 17 heavy (non-hydrogen) atoms. The van der Waals surface area contributed by atoms with Crippen LogP contribution in [0.4, 0.5) is 0 Å². The van der Waals surface area contributed by atoms with E-state index in [0.717, 1.165) is 31.8 Å². The Labute approximate surface area is 105 Å². The van der Waals surface area contributed by atoms with Crippen LogP contribution in [-0.2, 0) is 6.42 Å². The zero-order valence-electron chi connectivity index (χ0n) is 11.0. The summed E-state index contributed by atoms with van der Waals surface area (Å²) in [4.78, 5) is 0. The molecule has 0 bridgehead atoms. The van der Waals surface area contributed by atoms with Crippen molar-refractivity contribution >= 4 is 0 Å². The summed E-state index contributed by atoms with van der Waals surface area (Å²) >= 11 is 0. The third-order valence-electron chi connectivity index (χ3n) is 2.79. The molecule has 0 heterocycles. The van der Waals surface area contributed by atoms with E-state index >= 15 is 0 Å². The largest absolute Gasteiger partial charge is 0.496 e. The van der Waals surface area contributed by atoms with Crippen LogP contribution in [0.3, 0.4) is 0 Å². The summed E-state index contributed by atoms with van der Waals surface area (Å²) in [5.74, 6) is 0.990. The van der Waals surface area contributed by atoms with E-state index < -0.39 is 0 Å². The van der Waals surface area contributed by atoms with E-state index in [1.165, 1.54) is 18.4 Å². The Morgan fingerprint density at radius 3 is 2.59 bits per heavy atom. The molecule has 3 nitrogen and oxygen atoms in total. The first-order valence-corrected chi connectivity index (χ1v) is 6.35. The highest BCUT2D eigenvalue weighted by atomic mass is 16.5. The fourth-order valence-electron chi connectivity index (χ4n) is 1.81. The van der Waals surface area contributed by atoms with Crippen LogP contribution in [0.15, 0.2) is 24.3 Å². The minimum absolute atomic E-state index is 0.990. The summed E-state index contributed by atoms with van der Waals surface area (Å²) in [6, 6.07) is 8.21. The average molecular weight is 236 g/mol. The van der Waals surface area contributed by atoms with Crippen LogP contribution in [-0.4, -0.2) is 33.8 Å². The number of nitrogens with one attached hydrogen (secondary N) is 2. The second-order valence-electron chi connectivity index (χ2n) is 4.12. The zero-order valence-corrected chi connectivity index (χ0v) is 11.0. The fourth-order valence-corrected chi connectivity index (χ4v) is 1.81. The van der Waals surface area contributed by atoms with Crippen molar-refractivity contribution in [2.24, 2.45) is 0 Å². The maximum atomic E-state index is 5.32. The molecule has 0 radical (unpaired) electrons. The van der Waals surface area contributed by atoms with Crippen LogP contribution in [0.25, 0.3) is 0 Å². The Morgan fingerprint density at radius 1 is 1.06 bits per heavy atom. The first kappa shape index (κ1) is 14.0. The number of ether oxygens (including phenoxy) is 1. The van der Waals surface area contributed by atoms with Crippen molar-refractivity contribution in [1.82, 2.24) is 10.6 Å². The van der Waals surface area contributed by atoms with E-state index in [-0.39, 0.29) is 0 Å². The third kappa shape index (κ3) is 5.71. The van der Waals surface area contributed by atoms with Crippen LogP contribution in [0.5, 0.6) is 5.75 Å². The molecule has 0 saturated carbocycles. The summed E-state index contributed by atoms with van der Waals surface area (Å²) in [5.41, 5.74) is 1.28. The molecule has 0 spiro atoms. The van der Waals surface area contributed by atoms with Crippen LogP contribution in [0, 0.1) is 0 Å². The molecule has 96 valence electrons. The van der Waals surface area contributed by atoms with Gasteiger partial charge in [0.1, 0.15) is 5.75 Å². The Hall–Kier alpha value is -1.06. The van der Waals surface area contributed by atoms with Crippen molar-refractivity contribution in [3.63, 3.8) is 0 Å². The molecule has 0 aliphatic heterocycles. The quantitative estimate of drug-likeness (QED) is 0.642. The summed E-state index contributed by atoms with van der Waals surface area (Å²) in [6.45, 7) is 3.21. The summed E-state index contributed by atoms with van der Waals surface area (Å²) in [7, 11) is 3.72. The lowest BCUT2D eigenvalue weighted by Gasteiger charge is -2.08. The number of unbranched alkanes of at least 4 members (excludes halogenated alkanes) is 1. The average Bonchev–Trinajstić information content (AvgIpc) is 2.38. The van der Waals surface area contributed by atoms with Crippen LogP contribution < -0.4 is 15.4 Å². The molecule has 1 rings (SSSR count). The number of methoxy groups -OCH3 is 1. The van der Waals surface area contributed by atoms with E-state index in [1.54, 1.807) is 7.11 Å². The lowest BCUT2D eigenvalue weighted by Crippen LogP contribution is -2.20. The van der Waals surface area contributed by atoms with Gasteiger partial charge in [-0.2, -0.15) is 0 Å². The Kier molecular flexibility index (Phi) is 7.43. The van der Waals surface area contributed by atoms with Gasteiger partial charge in [-0.25, -0.2) is 0 Å². The number of para-hydroxylation sites is 1. The highest BCUT2D eigenvalue weighted by Gasteiger charge is 2.00. The topological polar surface area (TPSA) is 33.3 Å². The van der Waals surface area contributed by atoms with E-state index in [0.29, 0.717) is 0 Å². The molecule has 0 aromatic heterocycles.